The van der Waals surface area contributed by atoms with E-state index in [2.05, 4.69) is 12.2 Å². The Morgan fingerprint density at radius 3 is 2.50 bits per heavy atom. The molecule has 1 aliphatic carbocycles. The average Bonchev–Trinajstić information content (AvgIpc) is 2.36. The van der Waals surface area contributed by atoms with E-state index in [9.17, 15) is 4.79 Å². The van der Waals surface area contributed by atoms with Crippen molar-refractivity contribution in [2.24, 2.45) is 11.7 Å². The molecule has 0 aliphatic heterocycles. The van der Waals surface area contributed by atoms with Gasteiger partial charge in [0.15, 0.2) is 0 Å². The van der Waals surface area contributed by atoms with E-state index in [0.717, 1.165) is 44.9 Å². The molecule has 0 spiro atoms. The van der Waals surface area contributed by atoms with Crippen LogP contribution in [0.1, 0.15) is 65.2 Å². The van der Waals surface area contributed by atoms with E-state index < -0.39 is 5.54 Å². The van der Waals surface area contributed by atoms with Crippen molar-refractivity contribution in [3.8, 4) is 0 Å². The Morgan fingerprint density at radius 2 is 2.00 bits per heavy atom. The zero-order valence-electron chi connectivity index (χ0n) is 11.6. The normalized spacial score (nSPS) is 20.1. The first-order valence-electron chi connectivity index (χ1n) is 7.14. The molecule has 0 saturated heterocycles. The van der Waals surface area contributed by atoms with Gasteiger partial charge < -0.3 is 11.1 Å². The summed E-state index contributed by atoms with van der Waals surface area (Å²) in [6.07, 6.45) is 8.36. The van der Waals surface area contributed by atoms with Gasteiger partial charge in [0.25, 0.3) is 0 Å². The minimum absolute atomic E-state index is 0.0538. The molecule has 0 aromatic rings. The van der Waals surface area contributed by atoms with Crippen LogP contribution in [0, 0.1) is 5.92 Å². The minimum Gasteiger partial charge on any atom is -0.391 e. The van der Waals surface area contributed by atoms with Crippen molar-refractivity contribution in [1.82, 2.24) is 5.32 Å². The Balaban J connectivity index is 2.60. The highest BCUT2D eigenvalue weighted by Crippen LogP contribution is 2.29. The van der Waals surface area contributed by atoms with Gasteiger partial charge in [0.2, 0.25) is 5.91 Å². The lowest BCUT2D eigenvalue weighted by Gasteiger charge is -2.38. The monoisotopic (exact) mass is 270 g/mol. The number of hydrogen-bond donors (Lipinski definition) is 2. The SMILES string of the molecule is CCCCC(C)C(=O)NC1(C(N)=S)CCCCC1. The van der Waals surface area contributed by atoms with Crippen molar-refractivity contribution in [1.29, 1.82) is 0 Å². The van der Waals surface area contributed by atoms with Gasteiger partial charge in [0.1, 0.15) is 0 Å². The van der Waals surface area contributed by atoms with Crippen LogP contribution in [0.2, 0.25) is 0 Å². The largest absolute Gasteiger partial charge is 0.391 e. The number of carbonyl (C=O) groups excluding carboxylic acids is 1. The van der Waals surface area contributed by atoms with Gasteiger partial charge in [-0.1, -0.05) is 58.2 Å². The molecule has 18 heavy (non-hydrogen) atoms. The van der Waals surface area contributed by atoms with Gasteiger partial charge >= 0.3 is 0 Å². The predicted octanol–water partition coefficient (Wildman–Crippen LogP) is 2.92. The van der Waals surface area contributed by atoms with Crippen LogP contribution in [-0.4, -0.2) is 16.4 Å². The lowest BCUT2D eigenvalue weighted by atomic mass is 9.81. The predicted molar refractivity (Wildman–Crippen MR) is 79.4 cm³/mol. The van der Waals surface area contributed by atoms with Gasteiger partial charge in [-0.25, -0.2) is 0 Å². The number of hydrogen-bond acceptors (Lipinski definition) is 2. The van der Waals surface area contributed by atoms with E-state index in [1.165, 1.54) is 6.42 Å². The molecular weight excluding hydrogens is 244 g/mol. The maximum Gasteiger partial charge on any atom is 0.223 e. The fourth-order valence-corrected chi connectivity index (χ4v) is 2.84. The molecule has 1 rings (SSSR count). The molecule has 0 aromatic heterocycles. The van der Waals surface area contributed by atoms with Crippen LogP contribution in [0.4, 0.5) is 0 Å². The Labute approximate surface area is 116 Å². The van der Waals surface area contributed by atoms with Crippen LogP contribution in [0.15, 0.2) is 0 Å². The van der Waals surface area contributed by atoms with Crippen molar-refractivity contribution >= 4 is 23.1 Å². The molecule has 0 radical (unpaired) electrons. The first kappa shape index (κ1) is 15.4. The Bertz CT molecular complexity index is 298. The highest BCUT2D eigenvalue weighted by atomic mass is 32.1. The van der Waals surface area contributed by atoms with Crippen molar-refractivity contribution in [2.45, 2.75) is 70.8 Å². The summed E-state index contributed by atoms with van der Waals surface area (Å²) in [5.41, 5.74) is 5.46. The number of thiocarbonyl (C=S) groups is 1. The lowest BCUT2D eigenvalue weighted by Crippen LogP contribution is -2.58. The number of carbonyl (C=O) groups is 1. The Kier molecular flexibility index (Phi) is 6.06. The average molecular weight is 270 g/mol. The molecule has 1 amide bonds. The maximum absolute atomic E-state index is 12.2. The molecule has 4 heteroatoms. The fraction of sp³-hybridized carbons (Fsp3) is 0.857. The van der Waals surface area contributed by atoms with Gasteiger partial charge in [-0.2, -0.15) is 0 Å². The number of unbranched alkanes of at least 4 members (excludes halogenated alkanes) is 1. The van der Waals surface area contributed by atoms with Crippen molar-refractivity contribution in [2.75, 3.05) is 0 Å². The van der Waals surface area contributed by atoms with Gasteiger partial charge in [-0.05, 0) is 19.3 Å². The van der Waals surface area contributed by atoms with Crippen LogP contribution < -0.4 is 11.1 Å². The highest BCUT2D eigenvalue weighted by Gasteiger charge is 2.37. The third-order valence-corrected chi connectivity index (χ3v) is 4.37. The van der Waals surface area contributed by atoms with Crippen molar-refractivity contribution in [3.63, 3.8) is 0 Å². The molecule has 1 fully saturated rings. The first-order chi connectivity index (χ1) is 8.52. The molecule has 0 aromatic carbocycles. The van der Waals surface area contributed by atoms with Gasteiger partial charge in [-0.3, -0.25) is 4.79 Å². The fourth-order valence-electron chi connectivity index (χ4n) is 2.59. The second-order valence-electron chi connectivity index (χ2n) is 5.54. The van der Waals surface area contributed by atoms with Gasteiger partial charge in [-0.15, -0.1) is 0 Å². The number of nitrogens with one attached hydrogen (secondary N) is 1. The molecule has 0 bridgehead atoms. The summed E-state index contributed by atoms with van der Waals surface area (Å²) in [5, 5.41) is 3.14. The summed E-state index contributed by atoms with van der Waals surface area (Å²) in [5.74, 6) is 0.163. The van der Waals surface area contributed by atoms with Crippen LogP contribution in [-0.2, 0) is 4.79 Å². The molecule has 1 saturated carbocycles. The van der Waals surface area contributed by atoms with Crippen molar-refractivity contribution < 1.29 is 4.79 Å². The van der Waals surface area contributed by atoms with Gasteiger partial charge in [0.05, 0.1) is 10.5 Å². The summed E-state index contributed by atoms with van der Waals surface area (Å²) < 4.78 is 0. The molecule has 1 unspecified atom stereocenters. The Hall–Kier alpha value is -0.640. The maximum atomic E-state index is 12.2. The molecule has 1 aliphatic rings. The summed E-state index contributed by atoms with van der Waals surface area (Å²) in [6.45, 7) is 4.13. The molecular formula is C14H26N2OS. The summed E-state index contributed by atoms with van der Waals surface area (Å²) in [7, 11) is 0. The van der Waals surface area contributed by atoms with E-state index in [1.54, 1.807) is 0 Å². The number of amides is 1. The summed E-state index contributed by atoms with van der Waals surface area (Å²) in [4.78, 5) is 12.7. The topological polar surface area (TPSA) is 55.1 Å². The molecule has 0 heterocycles. The van der Waals surface area contributed by atoms with E-state index in [-0.39, 0.29) is 11.8 Å². The Morgan fingerprint density at radius 1 is 1.39 bits per heavy atom. The zero-order chi connectivity index (χ0) is 13.6. The van der Waals surface area contributed by atoms with E-state index in [4.69, 9.17) is 18.0 Å². The molecule has 3 nitrogen and oxygen atoms in total. The summed E-state index contributed by atoms with van der Waals surface area (Å²) >= 11 is 5.18. The van der Waals surface area contributed by atoms with Crippen LogP contribution in [0.3, 0.4) is 0 Å². The molecule has 1 atom stereocenters. The van der Waals surface area contributed by atoms with Crippen LogP contribution in [0.5, 0.6) is 0 Å². The lowest BCUT2D eigenvalue weighted by molar-refractivity contribution is -0.126. The number of rotatable bonds is 6. The second-order valence-corrected chi connectivity index (χ2v) is 5.98. The van der Waals surface area contributed by atoms with Gasteiger partial charge in [0, 0.05) is 5.92 Å². The second kappa shape index (κ2) is 7.07. The van der Waals surface area contributed by atoms with E-state index in [0.29, 0.717) is 4.99 Å². The van der Waals surface area contributed by atoms with Crippen molar-refractivity contribution in [3.05, 3.63) is 0 Å². The standard InChI is InChI=1S/C14H26N2OS/c1-3-4-8-11(2)12(17)16-14(13(15)18)9-6-5-7-10-14/h11H,3-10H2,1-2H3,(H2,15,18)(H,16,17). The molecule has 104 valence electrons. The quantitative estimate of drug-likeness (QED) is 0.730. The van der Waals surface area contributed by atoms with E-state index in [1.807, 2.05) is 6.92 Å². The minimum atomic E-state index is -0.412. The number of nitrogens with two attached hydrogens (primary N) is 1. The zero-order valence-corrected chi connectivity index (χ0v) is 12.4. The third-order valence-electron chi connectivity index (χ3n) is 3.98. The van der Waals surface area contributed by atoms with E-state index >= 15 is 0 Å². The van der Waals surface area contributed by atoms with Crippen LogP contribution in [0.25, 0.3) is 0 Å². The summed E-state index contributed by atoms with van der Waals surface area (Å²) in [6, 6.07) is 0. The molecule has 3 N–H and O–H groups in total. The van der Waals surface area contributed by atoms with Crippen LogP contribution >= 0.6 is 12.2 Å². The highest BCUT2D eigenvalue weighted by molar-refractivity contribution is 7.80. The smallest absolute Gasteiger partial charge is 0.223 e. The third kappa shape index (κ3) is 3.94. The first-order valence-corrected chi connectivity index (χ1v) is 7.54.